The molecule has 0 atom stereocenters. The Kier molecular flexibility index (Phi) is 6.26. The van der Waals surface area contributed by atoms with Crippen LogP contribution in [0, 0.1) is 11.8 Å². The Balaban J connectivity index is 1.04. The van der Waals surface area contributed by atoms with E-state index in [1.165, 1.54) is 22.3 Å². The Morgan fingerprint density at radius 1 is 0.971 bits per heavy atom. The van der Waals surface area contributed by atoms with Gasteiger partial charge in [-0.25, -0.2) is 4.79 Å². The molecule has 3 aliphatic rings. The maximum atomic E-state index is 12.6. The predicted molar refractivity (Wildman–Crippen MR) is 126 cm³/mol. The lowest BCUT2D eigenvalue weighted by atomic mass is 9.78. The first-order chi connectivity index (χ1) is 16.5. The van der Waals surface area contributed by atoms with E-state index in [2.05, 4.69) is 29.6 Å². The van der Waals surface area contributed by atoms with Crippen molar-refractivity contribution in [1.29, 1.82) is 0 Å². The number of amides is 2. The molecule has 0 spiro atoms. The highest BCUT2D eigenvalue weighted by Gasteiger charge is 2.41. The molecule has 2 aliphatic carbocycles. The number of ether oxygens (including phenoxy) is 1. The fourth-order valence-electron chi connectivity index (χ4n) is 5.48. The first kappa shape index (κ1) is 22.4. The van der Waals surface area contributed by atoms with E-state index in [4.69, 9.17) is 9.84 Å². The van der Waals surface area contributed by atoms with E-state index in [0.717, 1.165) is 19.5 Å². The molecule has 1 aliphatic heterocycles. The van der Waals surface area contributed by atoms with Crippen molar-refractivity contribution in [2.45, 2.75) is 44.1 Å². The minimum Gasteiger partial charge on any atom is -0.481 e. The molecule has 2 amide bonds. The number of carboxylic acid groups (broad SMARTS) is 1. The van der Waals surface area contributed by atoms with Crippen molar-refractivity contribution in [1.82, 2.24) is 10.2 Å². The molecule has 178 valence electrons. The summed E-state index contributed by atoms with van der Waals surface area (Å²) in [6.45, 7) is 1.73. The number of rotatable bonds is 8. The van der Waals surface area contributed by atoms with Crippen molar-refractivity contribution < 1.29 is 24.2 Å². The van der Waals surface area contributed by atoms with Gasteiger partial charge in [-0.15, -0.1) is 0 Å². The highest BCUT2D eigenvalue weighted by atomic mass is 16.5. The third-order valence-electron chi connectivity index (χ3n) is 7.42. The molecule has 0 radical (unpaired) electrons. The number of benzene rings is 2. The first-order valence-electron chi connectivity index (χ1n) is 12.1. The van der Waals surface area contributed by atoms with Crippen LogP contribution < -0.4 is 5.32 Å². The Labute approximate surface area is 199 Å². The SMILES string of the molecule is O=C(O)CCCC1CN(C(=O)C2CC(NC(=O)OCC3c4ccccc4-c4ccccc43)C2)C1. The molecule has 2 aromatic carbocycles. The monoisotopic (exact) mass is 462 g/mol. The van der Waals surface area contributed by atoms with Crippen LogP contribution in [0.1, 0.15) is 49.1 Å². The Hall–Kier alpha value is -3.35. The van der Waals surface area contributed by atoms with Gasteiger partial charge in [0.1, 0.15) is 6.61 Å². The Morgan fingerprint density at radius 2 is 1.59 bits per heavy atom. The van der Waals surface area contributed by atoms with Crippen LogP contribution in [0.3, 0.4) is 0 Å². The fourth-order valence-corrected chi connectivity index (χ4v) is 5.48. The summed E-state index contributed by atoms with van der Waals surface area (Å²) >= 11 is 0. The predicted octanol–water partition coefficient (Wildman–Crippen LogP) is 4.02. The van der Waals surface area contributed by atoms with Gasteiger partial charge in [0.25, 0.3) is 0 Å². The summed E-state index contributed by atoms with van der Waals surface area (Å²) in [6, 6.07) is 16.5. The highest BCUT2D eigenvalue weighted by Crippen LogP contribution is 2.44. The number of aliphatic carboxylic acids is 1. The van der Waals surface area contributed by atoms with E-state index in [1.807, 2.05) is 29.2 Å². The summed E-state index contributed by atoms with van der Waals surface area (Å²) in [7, 11) is 0. The Morgan fingerprint density at radius 3 is 2.21 bits per heavy atom. The molecule has 1 saturated heterocycles. The van der Waals surface area contributed by atoms with Crippen LogP contribution in [-0.4, -0.2) is 53.7 Å². The molecule has 1 heterocycles. The van der Waals surface area contributed by atoms with Crippen molar-refractivity contribution in [2.24, 2.45) is 11.8 Å². The number of nitrogens with zero attached hydrogens (tertiary/aromatic N) is 1. The van der Waals surface area contributed by atoms with Gasteiger partial charge in [-0.05, 0) is 53.9 Å². The van der Waals surface area contributed by atoms with Crippen LogP contribution in [-0.2, 0) is 14.3 Å². The van der Waals surface area contributed by atoms with Gasteiger partial charge in [-0.3, -0.25) is 9.59 Å². The van der Waals surface area contributed by atoms with Crippen molar-refractivity contribution in [2.75, 3.05) is 19.7 Å². The zero-order valence-electron chi connectivity index (χ0n) is 19.1. The number of hydrogen-bond acceptors (Lipinski definition) is 4. The van der Waals surface area contributed by atoms with Gasteiger partial charge in [0.2, 0.25) is 5.91 Å². The maximum Gasteiger partial charge on any atom is 0.407 e. The topological polar surface area (TPSA) is 95.9 Å². The zero-order valence-corrected chi connectivity index (χ0v) is 19.1. The average Bonchev–Trinajstić information content (AvgIpc) is 3.09. The molecule has 7 nitrogen and oxygen atoms in total. The van der Waals surface area contributed by atoms with Crippen LogP contribution >= 0.6 is 0 Å². The normalized spacial score (nSPS) is 21.1. The first-order valence-corrected chi connectivity index (χ1v) is 12.1. The number of alkyl carbamates (subject to hydrolysis) is 1. The molecular weight excluding hydrogens is 432 g/mol. The number of carbonyl (C=O) groups excluding carboxylic acids is 2. The van der Waals surface area contributed by atoms with Crippen LogP contribution in [0.2, 0.25) is 0 Å². The molecule has 2 aromatic rings. The summed E-state index contributed by atoms with van der Waals surface area (Å²) in [5.74, 6) is -0.211. The average molecular weight is 463 g/mol. The molecule has 1 saturated carbocycles. The van der Waals surface area contributed by atoms with Crippen LogP contribution in [0.5, 0.6) is 0 Å². The largest absolute Gasteiger partial charge is 0.481 e. The van der Waals surface area contributed by atoms with Crippen molar-refractivity contribution in [3.63, 3.8) is 0 Å². The minimum absolute atomic E-state index is 0.0303. The summed E-state index contributed by atoms with van der Waals surface area (Å²) in [4.78, 5) is 37.5. The molecule has 2 fully saturated rings. The zero-order chi connectivity index (χ0) is 23.7. The summed E-state index contributed by atoms with van der Waals surface area (Å²) in [5.41, 5.74) is 4.76. The third-order valence-corrected chi connectivity index (χ3v) is 7.42. The van der Waals surface area contributed by atoms with E-state index in [0.29, 0.717) is 25.2 Å². The molecule has 7 heteroatoms. The Bertz CT molecular complexity index is 1040. The maximum absolute atomic E-state index is 12.6. The lowest BCUT2D eigenvalue weighted by molar-refractivity contribution is -0.146. The summed E-state index contributed by atoms with van der Waals surface area (Å²) in [5, 5.41) is 11.6. The molecule has 0 bridgehead atoms. The van der Waals surface area contributed by atoms with Crippen molar-refractivity contribution in [3.8, 4) is 11.1 Å². The second kappa shape index (κ2) is 9.49. The smallest absolute Gasteiger partial charge is 0.407 e. The lowest BCUT2D eigenvalue weighted by Crippen LogP contribution is -2.56. The van der Waals surface area contributed by atoms with Gasteiger partial charge in [0.05, 0.1) is 0 Å². The van der Waals surface area contributed by atoms with E-state index >= 15 is 0 Å². The number of likely N-dealkylation sites (tertiary alicyclic amines) is 1. The van der Waals surface area contributed by atoms with Crippen LogP contribution in [0.4, 0.5) is 4.79 Å². The molecule has 2 N–H and O–H groups in total. The molecule has 0 unspecified atom stereocenters. The second-order valence-electron chi connectivity index (χ2n) is 9.73. The molecular formula is C27H30N2O5. The molecule has 0 aromatic heterocycles. The van der Waals surface area contributed by atoms with Gasteiger partial charge in [-0.2, -0.15) is 0 Å². The molecule has 34 heavy (non-hydrogen) atoms. The van der Waals surface area contributed by atoms with Crippen LogP contribution in [0.15, 0.2) is 48.5 Å². The van der Waals surface area contributed by atoms with Crippen molar-refractivity contribution in [3.05, 3.63) is 59.7 Å². The van der Waals surface area contributed by atoms with E-state index in [1.54, 1.807) is 0 Å². The molecule has 5 rings (SSSR count). The lowest BCUT2D eigenvalue weighted by Gasteiger charge is -2.44. The number of carbonyl (C=O) groups is 3. The van der Waals surface area contributed by atoms with E-state index in [9.17, 15) is 14.4 Å². The van der Waals surface area contributed by atoms with E-state index in [-0.39, 0.29) is 36.8 Å². The quantitative estimate of drug-likeness (QED) is 0.618. The summed E-state index contributed by atoms with van der Waals surface area (Å²) < 4.78 is 5.60. The van der Waals surface area contributed by atoms with Gasteiger partial charge < -0.3 is 20.1 Å². The number of carboxylic acids is 1. The van der Waals surface area contributed by atoms with Gasteiger partial charge in [0, 0.05) is 37.4 Å². The van der Waals surface area contributed by atoms with Crippen LogP contribution in [0.25, 0.3) is 11.1 Å². The van der Waals surface area contributed by atoms with Gasteiger partial charge in [0.15, 0.2) is 0 Å². The highest BCUT2D eigenvalue weighted by molar-refractivity contribution is 5.81. The fraction of sp³-hybridized carbons (Fsp3) is 0.444. The number of nitrogens with one attached hydrogen (secondary N) is 1. The van der Waals surface area contributed by atoms with Gasteiger partial charge in [-0.1, -0.05) is 48.5 Å². The van der Waals surface area contributed by atoms with E-state index < -0.39 is 12.1 Å². The third kappa shape index (κ3) is 4.52. The second-order valence-corrected chi connectivity index (χ2v) is 9.73. The summed E-state index contributed by atoms with van der Waals surface area (Å²) in [6.07, 6.45) is 2.56. The minimum atomic E-state index is -0.767. The van der Waals surface area contributed by atoms with Gasteiger partial charge >= 0.3 is 12.1 Å². The van der Waals surface area contributed by atoms with Crippen molar-refractivity contribution >= 4 is 18.0 Å². The standard InChI is InChI=1S/C27H30N2O5/c30-25(31)11-5-6-17-14-29(15-17)26(32)18-12-19(13-18)28-27(33)34-16-24-22-9-3-1-7-20(22)21-8-2-4-10-23(21)24/h1-4,7-10,17-19,24H,5-6,11-16H2,(H,28,33)(H,30,31). The number of fused-ring (bicyclic) bond motifs is 3. The number of hydrogen-bond donors (Lipinski definition) is 2.